The maximum Gasteiger partial charge on any atom is 0.187 e. The fourth-order valence-corrected chi connectivity index (χ4v) is 3.98. The van der Waals surface area contributed by atoms with Crippen molar-refractivity contribution in [1.29, 1.82) is 0 Å². The molecule has 35 heavy (non-hydrogen) atoms. The third-order valence-electron chi connectivity index (χ3n) is 6.06. The SMILES string of the molecule is O=C(C(O)CO)C(C[C@H](O)CO)NC1C=C(CO)C(OC2O[C@H](CO)C(O)[C@H](O)C2O)C(O)C1O. The van der Waals surface area contributed by atoms with Crippen LogP contribution in [0.2, 0.25) is 0 Å². The molecule has 1 heterocycles. The van der Waals surface area contributed by atoms with E-state index < -0.39 is 112 Å². The van der Waals surface area contributed by atoms with Gasteiger partial charge in [0.2, 0.25) is 0 Å². The minimum atomic E-state index is -1.83. The summed E-state index contributed by atoms with van der Waals surface area (Å²) in [7, 11) is 0. The van der Waals surface area contributed by atoms with Gasteiger partial charge in [0.25, 0.3) is 0 Å². The van der Waals surface area contributed by atoms with Gasteiger partial charge >= 0.3 is 0 Å². The summed E-state index contributed by atoms with van der Waals surface area (Å²) in [4.78, 5) is 12.4. The van der Waals surface area contributed by atoms with Crippen LogP contribution in [0.1, 0.15) is 6.42 Å². The Hall–Kier alpha value is -1.15. The molecule has 0 bridgehead atoms. The van der Waals surface area contributed by atoms with Crippen LogP contribution in [0.25, 0.3) is 0 Å². The Morgan fingerprint density at radius 1 is 0.943 bits per heavy atom. The fraction of sp³-hybridized carbons (Fsp3) is 0.850. The van der Waals surface area contributed by atoms with Crippen LogP contribution in [0.5, 0.6) is 0 Å². The highest BCUT2D eigenvalue weighted by Crippen LogP contribution is 2.29. The number of rotatable bonds is 12. The molecular formula is C20H35NO14. The first-order valence-corrected chi connectivity index (χ1v) is 11.0. The third-order valence-corrected chi connectivity index (χ3v) is 6.06. The Morgan fingerprint density at radius 3 is 2.14 bits per heavy atom. The van der Waals surface area contributed by atoms with E-state index in [0.717, 1.165) is 0 Å². The van der Waals surface area contributed by atoms with Crippen LogP contribution >= 0.6 is 0 Å². The number of nitrogens with one attached hydrogen (secondary N) is 1. The van der Waals surface area contributed by atoms with Crippen molar-refractivity contribution in [3.05, 3.63) is 11.6 Å². The van der Waals surface area contributed by atoms with Crippen LogP contribution in [0.4, 0.5) is 0 Å². The molecule has 1 saturated heterocycles. The van der Waals surface area contributed by atoms with E-state index in [1.54, 1.807) is 0 Å². The second-order valence-corrected chi connectivity index (χ2v) is 8.55. The van der Waals surface area contributed by atoms with Crippen molar-refractivity contribution in [1.82, 2.24) is 5.32 Å². The predicted molar refractivity (Wildman–Crippen MR) is 112 cm³/mol. The summed E-state index contributed by atoms with van der Waals surface area (Å²) in [5.41, 5.74) is -0.0473. The van der Waals surface area contributed by atoms with Gasteiger partial charge < -0.3 is 65.6 Å². The van der Waals surface area contributed by atoms with Gasteiger partial charge in [0, 0.05) is 0 Å². The van der Waals surface area contributed by atoms with Crippen LogP contribution in [0.15, 0.2) is 11.6 Å². The molecule has 204 valence electrons. The summed E-state index contributed by atoms with van der Waals surface area (Å²) in [6.45, 7) is -3.11. The summed E-state index contributed by atoms with van der Waals surface area (Å²) in [6.07, 6.45) is -15.7. The normalized spacial score (nSPS) is 38.5. The molecule has 12 atom stereocenters. The zero-order valence-corrected chi connectivity index (χ0v) is 18.7. The molecule has 0 amide bonds. The zero-order valence-electron chi connectivity index (χ0n) is 18.7. The van der Waals surface area contributed by atoms with E-state index in [1.807, 2.05) is 0 Å². The molecule has 0 saturated carbocycles. The number of aliphatic hydroxyl groups is 11. The van der Waals surface area contributed by atoms with Crippen LogP contribution in [0, 0.1) is 0 Å². The number of aliphatic hydroxyl groups excluding tert-OH is 11. The molecule has 2 aliphatic rings. The molecule has 1 aliphatic heterocycles. The molecule has 15 heteroatoms. The minimum absolute atomic E-state index is 0.0473. The second-order valence-electron chi connectivity index (χ2n) is 8.55. The Balaban J connectivity index is 2.25. The maximum absolute atomic E-state index is 12.4. The average molecular weight is 513 g/mol. The Bertz CT molecular complexity index is 707. The largest absolute Gasteiger partial charge is 0.394 e. The number of Topliss-reactive ketones (excluding diaryl/α,β-unsaturated/α-hetero) is 1. The van der Waals surface area contributed by atoms with Crippen LogP contribution < -0.4 is 5.32 Å². The highest BCUT2D eigenvalue weighted by molar-refractivity contribution is 5.88. The van der Waals surface area contributed by atoms with Crippen molar-refractivity contribution < 1.29 is 70.4 Å². The first-order valence-electron chi connectivity index (χ1n) is 11.0. The van der Waals surface area contributed by atoms with Crippen molar-refractivity contribution in [2.75, 3.05) is 26.4 Å². The van der Waals surface area contributed by atoms with E-state index in [-0.39, 0.29) is 5.57 Å². The van der Waals surface area contributed by atoms with Gasteiger partial charge in [-0.15, -0.1) is 0 Å². The Labute approximate surface area is 200 Å². The topological polar surface area (TPSA) is 270 Å². The van der Waals surface area contributed by atoms with Crippen molar-refractivity contribution in [3.63, 3.8) is 0 Å². The first-order chi connectivity index (χ1) is 16.5. The Kier molecular flexibility index (Phi) is 11.5. The fourth-order valence-electron chi connectivity index (χ4n) is 3.98. The molecule has 0 spiro atoms. The smallest absolute Gasteiger partial charge is 0.187 e. The number of ether oxygens (including phenoxy) is 2. The lowest BCUT2D eigenvalue weighted by Gasteiger charge is -2.44. The number of hydrogen-bond acceptors (Lipinski definition) is 15. The van der Waals surface area contributed by atoms with Gasteiger partial charge in [-0.25, -0.2) is 0 Å². The molecule has 2 rings (SSSR count). The van der Waals surface area contributed by atoms with Gasteiger partial charge in [-0.1, -0.05) is 6.08 Å². The van der Waals surface area contributed by atoms with Crippen molar-refractivity contribution in [2.24, 2.45) is 0 Å². The van der Waals surface area contributed by atoms with Gasteiger partial charge in [0.15, 0.2) is 12.1 Å². The van der Waals surface area contributed by atoms with Gasteiger partial charge in [-0.3, -0.25) is 10.1 Å². The van der Waals surface area contributed by atoms with Gasteiger partial charge in [-0.05, 0) is 12.0 Å². The summed E-state index contributed by atoms with van der Waals surface area (Å²) in [5.74, 6) is -0.958. The van der Waals surface area contributed by atoms with Gasteiger partial charge in [-0.2, -0.15) is 0 Å². The molecule has 9 unspecified atom stereocenters. The van der Waals surface area contributed by atoms with E-state index in [4.69, 9.17) is 19.7 Å². The molecular weight excluding hydrogens is 478 g/mol. The molecule has 1 aliphatic carbocycles. The monoisotopic (exact) mass is 513 g/mol. The standard InChI is InChI=1S/C20H35NO14/c22-3-7-1-9(21-10(2-8(26)4-23)13(28)11(27)5-24)14(29)17(32)19(7)35-20-18(33)16(31)15(30)12(6-25)34-20/h1,8-12,14-27,29-33H,2-6H2/t8-,9?,10?,11?,12+,14?,15?,16-,17?,18?,19?,20?/m0/s1. The predicted octanol–water partition coefficient (Wildman–Crippen LogP) is -7.18. The molecule has 0 radical (unpaired) electrons. The third kappa shape index (κ3) is 7.00. The molecule has 15 nitrogen and oxygen atoms in total. The van der Waals surface area contributed by atoms with E-state index >= 15 is 0 Å². The minimum Gasteiger partial charge on any atom is -0.394 e. The number of hydrogen-bond donors (Lipinski definition) is 12. The molecule has 1 fully saturated rings. The molecule has 12 N–H and O–H groups in total. The van der Waals surface area contributed by atoms with E-state index in [2.05, 4.69) is 5.32 Å². The van der Waals surface area contributed by atoms with Gasteiger partial charge in [0.05, 0.1) is 44.6 Å². The lowest BCUT2D eigenvalue weighted by molar-refractivity contribution is -0.316. The number of carbonyl (C=O) groups is 1. The lowest BCUT2D eigenvalue weighted by atomic mass is 9.86. The van der Waals surface area contributed by atoms with Gasteiger partial charge in [0.1, 0.15) is 48.8 Å². The lowest BCUT2D eigenvalue weighted by Crippen LogP contribution is -2.62. The van der Waals surface area contributed by atoms with Crippen molar-refractivity contribution >= 4 is 5.78 Å². The van der Waals surface area contributed by atoms with Crippen molar-refractivity contribution in [2.45, 2.75) is 79.7 Å². The summed E-state index contributed by atoms with van der Waals surface area (Å²) in [5, 5.41) is 111. The first kappa shape index (κ1) is 30.1. The summed E-state index contributed by atoms with van der Waals surface area (Å²) < 4.78 is 10.7. The molecule has 0 aromatic rings. The highest BCUT2D eigenvalue weighted by Gasteiger charge is 2.48. The molecule has 0 aromatic heterocycles. The summed E-state index contributed by atoms with van der Waals surface area (Å²) in [6, 6.07) is -2.63. The number of carbonyl (C=O) groups excluding carboxylic acids is 1. The van der Waals surface area contributed by atoms with Crippen LogP contribution in [-0.2, 0) is 14.3 Å². The highest BCUT2D eigenvalue weighted by atomic mass is 16.7. The number of ketones is 1. The van der Waals surface area contributed by atoms with Crippen molar-refractivity contribution in [3.8, 4) is 0 Å². The van der Waals surface area contributed by atoms with E-state index in [9.17, 15) is 50.8 Å². The van der Waals surface area contributed by atoms with Crippen LogP contribution in [0.3, 0.4) is 0 Å². The van der Waals surface area contributed by atoms with Crippen LogP contribution in [-0.4, -0.2) is 162 Å². The maximum atomic E-state index is 12.4. The second kappa shape index (κ2) is 13.4. The van der Waals surface area contributed by atoms with E-state index in [1.165, 1.54) is 6.08 Å². The zero-order chi connectivity index (χ0) is 26.4. The summed E-state index contributed by atoms with van der Waals surface area (Å²) >= 11 is 0. The van der Waals surface area contributed by atoms with E-state index in [0.29, 0.717) is 0 Å². The molecule has 0 aromatic carbocycles. The Morgan fingerprint density at radius 2 is 1.60 bits per heavy atom. The average Bonchev–Trinajstić information content (AvgIpc) is 2.86. The quantitative estimate of drug-likeness (QED) is 0.108.